The van der Waals surface area contributed by atoms with E-state index in [1.54, 1.807) is 0 Å². The molecule has 1 radical (unpaired) electrons. The van der Waals surface area contributed by atoms with Crippen LogP contribution >= 0.6 is 0 Å². The lowest BCUT2D eigenvalue weighted by molar-refractivity contribution is 0.268. The highest BCUT2D eigenvalue weighted by molar-refractivity contribution is 4.72. The van der Waals surface area contributed by atoms with E-state index in [9.17, 15) is 0 Å². The van der Waals surface area contributed by atoms with Crippen LogP contribution in [0.1, 0.15) is 103 Å². The zero-order valence-corrected chi connectivity index (χ0v) is 14.0. The number of piperidine rings is 1. The third kappa shape index (κ3) is 10.7. The molecule has 1 heterocycles. The van der Waals surface area contributed by atoms with Crippen LogP contribution in [0.5, 0.6) is 0 Å². The molecule has 1 rings (SSSR count). The summed E-state index contributed by atoms with van der Waals surface area (Å²) in [4.78, 5) is 2.56. The molecule has 0 aliphatic carbocycles. The number of nitrogens with zero attached hydrogens (tertiary/aromatic N) is 1. The quantitative estimate of drug-likeness (QED) is 0.356. The predicted molar refractivity (Wildman–Crippen MR) is 90.8 cm³/mol. The van der Waals surface area contributed by atoms with Gasteiger partial charge in [-0.15, -0.1) is 0 Å². The van der Waals surface area contributed by atoms with Crippen molar-refractivity contribution in [1.29, 1.82) is 0 Å². The fraction of sp³-hybridized carbons (Fsp3) is 0.947. The Balaban J connectivity index is 1.70. The zero-order valence-electron chi connectivity index (χ0n) is 14.0. The highest BCUT2D eigenvalue weighted by atomic mass is 15.1. The van der Waals surface area contributed by atoms with Gasteiger partial charge in [-0.3, -0.25) is 4.90 Å². The Kier molecular flexibility index (Phi) is 12.5. The summed E-state index contributed by atoms with van der Waals surface area (Å²) in [6.45, 7) is 7.41. The van der Waals surface area contributed by atoms with Crippen molar-refractivity contribution in [2.24, 2.45) is 0 Å². The van der Waals surface area contributed by atoms with Gasteiger partial charge in [0.15, 0.2) is 0 Å². The molecule has 1 saturated heterocycles. The van der Waals surface area contributed by atoms with Crippen LogP contribution in [0.15, 0.2) is 0 Å². The predicted octanol–water partition coefficient (Wildman–Crippen LogP) is 6.34. The van der Waals surface area contributed by atoms with Crippen molar-refractivity contribution in [3.05, 3.63) is 6.54 Å². The molecule has 0 spiro atoms. The summed E-state index contributed by atoms with van der Waals surface area (Å²) in [6, 6.07) is 0. The Labute approximate surface area is 128 Å². The fourth-order valence-corrected chi connectivity index (χ4v) is 3.18. The number of rotatable bonds is 13. The molecule has 1 aliphatic rings. The lowest BCUT2D eigenvalue weighted by atomic mass is 10.0. The van der Waals surface area contributed by atoms with Crippen LogP contribution in [-0.2, 0) is 0 Å². The van der Waals surface area contributed by atoms with Crippen molar-refractivity contribution in [2.75, 3.05) is 13.1 Å². The van der Waals surface area contributed by atoms with Gasteiger partial charge in [0.05, 0.1) is 0 Å². The van der Waals surface area contributed by atoms with Crippen LogP contribution < -0.4 is 0 Å². The highest BCUT2D eigenvalue weighted by Gasteiger charge is 2.08. The van der Waals surface area contributed by atoms with E-state index < -0.39 is 0 Å². The molecule has 20 heavy (non-hydrogen) atoms. The van der Waals surface area contributed by atoms with Crippen molar-refractivity contribution < 1.29 is 0 Å². The number of likely N-dealkylation sites (tertiary alicyclic amines) is 1. The summed E-state index contributed by atoms with van der Waals surface area (Å²) in [5.41, 5.74) is 0. The van der Waals surface area contributed by atoms with Crippen molar-refractivity contribution in [3.63, 3.8) is 0 Å². The van der Waals surface area contributed by atoms with Crippen LogP contribution in [0.25, 0.3) is 0 Å². The Morgan fingerprint density at radius 2 is 1.15 bits per heavy atom. The first kappa shape index (κ1) is 18.0. The van der Waals surface area contributed by atoms with E-state index in [0.29, 0.717) is 0 Å². The van der Waals surface area contributed by atoms with Crippen LogP contribution in [0.3, 0.4) is 0 Å². The highest BCUT2D eigenvalue weighted by Crippen LogP contribution is 2.15. The average Bonchev–Trinajstić information content (AvgIpc) is 2.49. The number of unbranched alkanes of at least 4 members (excludes halogenated alkanes) is 11. The molecule has 0 unspecified atom stereocenters. The first-order valence-corrected chi connectivity index (χ1v) is 9.51. The monoisotopic (exact) mass is 280 g/mol. The van der Waals surface area contributed by atoms with Gasteiger partial charge >= 0.3 is 0 Å². The molecule has 0 aromatic rings. The van der Waals surface area contributed by atoms with E-state index in [0.717, 1.165) is 0 Å². The SMILES string of the molecule is CCCCCCCCCCCCC[CH]N1CCCCC1. The molecular formula is C19H38N. The van der Waals surface area contributed by atoms with Gasteiger partial charge in [0, 0.05) is 6.54 Å². The Bertz CT molecular complexity index is 184. The molecule has 0 aromatic carbocycles. The normalized spacial score (nSPS) is 16.6. The maximum absolute atomic E-state index is 2.56. The van der Waals surface area contributed by atoms with E-state index in [1.165, 1.54) is 109 Å². The van der Waals surface area contributed by atoms with Crippen molar-refractivity contribution in [3.8, 4) is 0 Å². The maximum atomic E-state index is 2.56. The lowest BCUT2D eigenvalue weighted by Gasteiger charge is -2.25. The molecule has 1 aliphatic heterocycles. The largest absolute Gasteiger partial charge is 0.299 e. The van der Waals surface area contributed by atoms with Gasteiger partial charge in [-0.1, -0.05) is 84.0 Å². The standard InChI is InChI=1S/C19H38N/c1-2-3-4-5-6-7-8-9-10-11-12-14-17-20-18-15-13-16-19-20/h17H,2-16,18-19H2,1H3. The topological polar surface area (TPSA) is 3.24 Å². The fourth-order valence-electron chi connectivity index (χ4n) is 3.18. The van der Waals surface area contributed by atoms with Gasteiger partial charge in [-0.05, 0) is 32.4 Å². The molecule has 1 fully saturated rings. The minimum absolute atomic E-state index is 1.32. The Morgan fingerprint density at radius 3 is 1.70 bits per heavy atom. The van der Waals surface area contributed by atoms with Gasteiger partial charge in [0.2, 0.25) is 0 Å². The second-order valence-electron chi connectivity index (χ2n) is 6.60. The molecular weight excluding hydrogens is 242 g/mol. The zero-order chi connectivity index (χ0) is 14.3. The minimum Gasteiger partial charge on any atom is -0.299 e. The van der Waals surface area contributed by atoms with Crippen molar-refractivity contribution in [1.82, 2.24) is 4.90 Å². The molecule has 0 amide bonds. The van der Waals surface area contributed by atoms with Gasteiger partial charge < -0.3 is 0 Å². The molecule has 0 N–H and O–H groups in total. The molecule has 119 valence electrons. The third-order valence-corrected chi connectivity index (χ3v) is 4.59. The second-order valence-corrected chi connectivity index (χ2v) is 6.60. The summed E-state index contributed by atoms with van der Waals surface area (Å²) in [5.74, 6) is 0. The van der Waals surface area contributed by atoms with Crippen LogP contribution in [0.4, 0.5) is 0 Å². The molecule has 0 aromatic heterocycles. The Morgan fingerprint density at radius 1 is 0.650 bits per heavy atom. The first-order chi connectivity index (χ1) is 9.93. The summed E-state index contributed by atoms with van der Waals surface area (Å²) in [5, 5.41) is 0. The van der Waals surface area contributed by atoms with Gasteiger partial charge in [-0.25, -0.2) is 0 Å². The summed E-state index contributed by atoms with van der Waals surface area (Å²) in [7, 11) is 0. The Hall–Kier alpha value is -0.0400. The van der Waals surface area contributed by atoms with Gasteiger partial charge in [0.1, 0.15) is 0 Å². The summed E-state index contributed by atoms with van der Waals surface area (Å²) < 4.78 is 0. The van der Waals surface area contributed by atoms with Gasteiger partial charge in [-0.2, -0.15) is 0 Å². The van der Waals surface area contributed by atoms with E-state index in [-0.39, 0.29) is 0 Å². The van der Waals surface area contributed by atoms with E-state index >= 15 is 0 Å². The second kappa shape index (κ2) is 13.9. The molecule has 0 bridgehead atoms. The van der Waals surface area contributed by atoms with Crippen LogP contribution in [-0.4, -0.2) is 18.0 Å². The third-order valence-electron chi connectivity index (χ3n) is 4.59. The van der Waals surface area contributed by atoms with E-state index in [1.807, 2.05) is 0 Å². The van der Waals surface area contributed by atoms with E-state index in [4.69, 9.17) is 0 Å². The lowest BCUT2D eigenvalue weighted by Crippen LogP contribution is -2.27. The smallest absolute Gasteiger partial charge is 0.0251 e. The molecule has 0 atom stereocenters. The van der Waals surface area contributed by atoms with Gasteiger partial charge in [0.25, 0.3) is 0 Å². The molecule has 0 saturated carbocycles. The first-order valence-electron chi connectivity index (χ1n) is 9.51. The molecule has 1 nitrogen and oxygen atoms in total. The number of hydrogen-bond donors (Lipinski definition) is 0. The number of hydrogen-bond acceptors (Lipinski definition) is 1. The van der Waals surface area contributed by atoms with Crippen LogP contribution in [0, 0.1) is 6.54 Å². The summed E-state index contributed by atoms with van der Waals surface area (Å²) >= 11 is 0. The molecule has 1 heteroatoms. The van der Waals surface area contributed by atoms with E-state index in [2.05, 4.69) is 18.4 Å². The van der Waals surface area contributed by atoms with Crippen LogP contribution in [0.2, 0.25) is 0 Å². The maximum Gasteiger partial charge on any atom is 0.0251 e. The van der Waals surface area contributed by atoms with Crippen molar-refractivity contribution in [2.45, 2.75) is 103 Å². The average molecular weight is 281 g/mol. The minimum atomic E-state index is 1.32. The van der Waals surface area contributed by atoms with Crippen molar-refractivity contribution >= 4 is 0 Å². The summed E-state index contributed by atoms with van der Waals surface area (Å²) in [6.07, 6.45) is 21.5.